The van der Waals surface area contributed by atoms with Crippen molar-refractivity contribution in [3.05, 3.63) is 59.8 Å². The van der Waals surface area contributed by atoms with Gasteiger partial charge < -0.3 is 28.9 Å². The van der Waals surface area contributed by atoms with Crippen LogP contribution in [0.25, 0.3) is 11.3 Å². The first-order valence-electron chi connectivity index (χ1n) is 11.7. The summed E-state index contributed by atoms with van der Waals surface area (Å²) in [4.78, 5) is 6.50. The Morgan fingerprint density at radius 3 is 2.68 bits per heavy atom. The standard InChI is InChI=1S/C26H30N4O4/c1-17(31)26-27-9-10-30(26)12-20-11-25(34-28-20)19-6-3-18(4-7-19)5-8-22-23-14-29(15-24(22)23)13-21(32)16-33-2/h3-4,6-7,9-11,17,21-24,31-32H,12-16H2,1-2H3/t17-,21?,22?,23?,24?/m0/s1. The van der Waals surface area contributed by atoms with Crippen molar-refractivity contribution in [2.75, 3.05) is 33.4 Å². The van der Waals surface area contributed by atoms with Crippen LogP contribution < -0.4 is 0 Å². The minimum atomic E-state index is -0.641. The number of likely N-dealkylation sites (tertiary alicyclic amines) is 1. The van der Waals surface area contributed by atoms with Crippen LogP contribution in [-0.4, -0.2) is 69.3 Å². The maximum absolute atomic E-state index is 9.90. The van der Waals surface area contributed by atoms with Gasteiger partial charge in [-0.1, -0.05) is 17.0 Å². The summed E-state index contributed by atoms with van der Waals surface area (Å²) in [7, 11) is 1.61. The van der Waals surface area contributed by atoms with Crippen LogP contribution in [-0.2, 0) is 11.3 Å². The molecule has 3 unspecified atom stereocenters. The van der Waals surface area contributed by atoms with Crippen LogP contribution in [0.5, 0.6) is 0 Å². The first kappa shape index (κ1) is 22.8. The lowest BCUT2D eigenvalue weighted by Crippen LogP contribution is -2.35. The van der Waals surface area contributed by atoms with Crippen LogP contribution in [0, 0.1) is 29.6 Å². The van der Waals surface area contributed by atoms with E-state index in [0.29, 0.717) is 49.0 Å². The van der Waals surface area contributed by atoms with Crippen LogP contribution in [0.4, 0.5) is 0 Å². The fraction of sp³-hybridized carbons (Fsp3) is 0.462. The molecular weight excluding hydrogens is 432 g/mol. The van der Waals surface area contributed by atoms with Gasteiger partial charge in [0, 0.05) is 62.2 Å². The number of hydrogen-bond donors (Lipinski definition) is 2. The quantitative estimate of drug-likeness (QED) is 0.495. The summed E-state index contributed by atoms with van der Waals surface area (Å²) in [6.07, 6.45) is 2.43. The summed E-state index contributed by atoms with van der Waals surface area (Å²) >= 11 is 0. The zero-order valence-corrected chi connectivity index (χ0v) is 19.5. The highest BCUT2D eigenvalue weighted by molar-refractivity contribution is 5.59. The van der Waals surface area contributed by atoms with Crippen LogP contribution in [0.2, 0.25) is 0 Å². The van der Waals surface area contributed by atoms with Crippen molar-refractivity contribution in [3.63, 3.8) is 0 Å². The molecule has 1 saturated heterocycles. The number of imidazole rings is 1. The molecule has 0 bridgehead atoms. The van der Waals surface area contributed by atoms with E-state index < -0.39 is 12.2 Å². The summed E-state index contributed by atoms with van der Waals surface area (Å²) < 4.78 is 12.4. The molecular formula is C26H30N4O4. The first-order chi connectivity index (χ1) is 16.5. The zero-order valence-electron chi connectivity index (χ0n) is 19.5. The van der Waals surface area contributed by atoms with Gasteiger partial charge in [0.05, 0.1) is 19.3 Å². The van der Waals surface area contributed by atoms with Gasteiger partial charge in [0.2, 0.25) is 0 Å². The molecule has 34 heavy (non-hydrogen) atoms. The van der Waals surface area contributed by atoms with Gasteiger partial charge in [0.1, 0.15) is 17.6 Å². The number of hydrogen-bond acceptors (Lipinski definition) is 7. The third kappa shape index (κ3) is 4.93. The number of rotatable bonds is 8. The first-order valence-corrected chi connectivity index (χ1v) is 11.7. The Bertz CT molecular complexity index is 1160. The van der Waals surface area contributed by atoms with Gasteiger partial charge in [0.15, 0.2) is 5.76 Å². The van der Waals surface area contributed by atoms with Crippen molar-refractivity contribution < 1.29 is 19.5 Å². The molecule has 1 aliphatic heterocycles. The predicted octanol–water partition coefficient (Wildman–Crippen LogP) is 2.18. The highest BCUT2D eigenvalue weighted by Crippen LogP contribution is 2.51. The van der Waals surface area contributed by atoms with E-state index >= 15 is 0 Å². The van der Waals surface area contributed by atoms with E-state index in [-0.39, 0.29) is 0 Å². The van der Waals surface area contributed by atoms with E-state index in [1.165, 1.54) is 0 Å². The number of piperidine rings is 1. The minimum Gasteiger partial charge on any atom is -0.389 e. The zero-order chi connectivity index (χ0) is 23.7. The third-order valence-electron chi connectivity index (χ3n) is 6.66. The molecule has 2 N–H and O–H groups in total. The maximum atomic E-state index is 9.90. The summed E-state index contributed by atoms with van der Waals surface area (Å²) in [5.41, 5.74) is 2.70. The number of aliphatic hydroxyl groups is 2. The topological polar surface area (TPSA) is 96.8 Å². The molecule has 1 aromatic carbocycles. The third-order valence-corrected chi connectivity index (χ3v) is 6.66. The van der Waals surface area contributed by atoms with Gasteiger partial charge in [-0.05, 0) is 43.0 Å². The molecule has 0 spiro atoms. The fourth-order valence-corrected chi connectivity index (χ4v) is 4.92. The number of methoxy groups -OCH3 is 1. The molecule has 178 valence electrons. The lowest BCUT2D eigenvalue weighted by atomic mass is 10.1. The number of aromatic nitrogens is 3. The largest absolute Gasteiger partial charge is 0.389 e. The van der Waals surface area contributed by atoms with E-state index in [0.717, 1.165) is 29.9 Å². The molecule has 1 aliphatic carbocycles. The molecule has 2 aliphatic rings. The monoisotopic (exact) mass is 462 g/mol. The number of β-amino-alcohol motifs (C(OH)–C–C–N with tert-alkyl or cyclic N) is 1. The summed E-state index contributed by atoms with van der Waals surface area (Å²) in [5.74, 6) is 9.78. The minimum absolute atomic E-state index is 0.384. The average molecular weight is 463 g/mol. The Morgan fingerprint density at radius 1 is 1.21 bits per heavy atom. The number of nitrogens with zero attached hydrogens (tertiary/aromatic N) is 4. The van der Waals surface area contributed by atoms with Crippen LogP contribution in [0.1, 0.15) is 30.1 Å². The van der Waals surface area contributed by atoms with Crippen LogP contribution in [0.15, 0.2) is 47.2 Å². The molecule has 2 aromatic heterocycles. The second-order valence-corrected chi connectivity index (χ2v) is 9.30. The summed E-state index contributed by atoms with van der Waals surface area (Å²) in [5, 5.41) is 23.9. The van der Waals surface area contributed by atoms with Crippen molar-refractivity contribution in [1.82, 2.24) is 19.6 Å². The van der Waals surface area contributed by atoms with E-state index in [4.69, 9.17) is 9.26 Å². The molecule has 0 amide bonds. The number of fused-ring (bicyclic) bond motifs is 1. The smallest absolute Gasteiger partial charge is 0.167 e. The van der Waals surface area contributed by atoms with Crippen molar-refractivity contribution >= 4 is 0 Å². The molecule has 8 heteroatoms. The van der Waals surface area contributed by atoms with E-state index in [1.807, 2.05) is 41.1 Å². The lowest BCUT2D eigenvalue weighted by molar-refractivity contribution is 0.0400. The normalized spacial score (nSPS) is 23.2. The highest BCUT2D eigenvalue weighted by Gasteiger charge is 2.54. The van der Waals surface area contributed by atoms with Crippen LogP contribution >= 0.6 is 0 Å². The lowest BCUT2D eigenvalue weighted by Gasteiger charge is -2.21. The second kappa shape index (κ2) is 9.72. The van der Waals surface area contributed by atoms with E-state index in [9.17, 15) is 10.2 Å². The van der Waals surface area contributed by atoms with Gasteiger partial charge in [-0.15, -0.1) is 0 Å². The Balaban J connectivity index is 1.15. The van der Waals surface area contributed by atoms with Crippen molar-refractivity contribution in [1.29, 1.82) is 0 Å². The Hall–Kier alpha value is -2.96. The van der Waals surface area contributed by atoms with Gasteiger partial charge in [-0.2, -0.15) is 0 Å². The molecule has 0 radical (unpaired) electrons. The van der Waals surface area contributed by atoms with Gasteiger partial charge >= 0.3 is 0 Å². The maximum Gasteiger partial charge on any atom is 0.167 e. The van der Waals surface area contributed by atoms with Crippen molar-refractivity contribution in [2.24, 2.45) is 17.8 Å². The summed E-state index contributed by atoms with van der Waals surface area (Å²) in [6.45, 7) is 5.26. The number of benzene rings is 1. The Kier molecular flexibility index (Phi) is 6.53. The molecule has 3 heterocycles. The van der Waals surface area contributed by atoms with Gasteiger partial charge in [-0.25, -0.2) is 4.98 Å². The van der Waals surface area contributed by atoms with Crippen LogP contribution in [0.3, 0.4) is 0 Å². The Labute approximate surface area is 199 Å². The molecule has 8 nitrogen and oxygen atoms in total. The van der Waals surface area contributed by atoms with E-state index in [1.54, 1.807) is 20.2 Å². The molecule has 4 atom stereocenters. The van der Waals surface area contributed by atoms with Crippen molar-refractivity contribution in [3.8, 4) is 23.2 Å². The summed E-state index contributed by atoms with van der Waals surface area (Å²) in [6, 6.07) is 9.93. The SMILES string of the molecule is COCC(O)CN1CC2C(C#Cc3ccc(-c4cc(Cn5ccnc5[C@H](C)O)no4)cc3)C2C1. The molecule has 2 fully saturated rings. The number of aliphatic hydroxyl groups excluding tert-OH is 2. The highest BCUT2D eigenvalue weighted by atomic mass is 16.5. The second-order valence-electron chi connectivity index (χ2n) is 9.30. The average Bonchev–Trinajstić information content (AvgIpc) is 3.30. The predicted molar refractivity (Wildman–Crippen MR) is 126 cm³/mol. The Morgan fingerprint density at radius 2 is 1.97 bits per heavy atom. The van der Waals surface area contributed by atoms with Crippen molar-refractivity contribution in [2.45, 2.75) is 25.7 Å². The molecule has 5 rings (SSSR count). The molecule has 1 saturated carbocycles. The van der Waals surface area contributed by atoms with Gasteiger partial charge in [-0.3, -0.25) is 0 Å². The fourth-order valence-electron chi connectivity index (χ4n) is 4.92. The van der Waals surface area contributed by atoms with Gasteiger partial charge in [0.25, 0.3) is 0 Å². The molecule has 3 aromatic rings. The number of ether oxygens (including phenoxy) is 1. The van der Waals surface area contributed by atoms with E-state index in [2.05, 4.69) is 26.9 Å².